The first-order chi connectivity index (χ1) is 17.8. The van der Waals surface area contributed by atoms with Crippen LogP contribution in [0.2, 0.25) is 0 Å². The van der Waals surface area contributed by atoms with E-state index in [2.05, 4.69) is 4.98 Å². The number of hydrogen-bond donors (Lipinski definition) is 1. The maximum absolute atomic E-state index is 13.8. The summed E-state index contributed by atoms with van der Waals surface area (Å²) in [6.07, 6.45) is 0.677. The average molecular weight is 517 g/mol. The maximum atomic E-state index is 13.8. The number of Topliss-reactive ketones (excluding diaryl/α,β-unsaturated/α-hetero) is 1. The number of fused-ring (bicyclic) bond motifs is 2. The van der Waals surface area contributed by atoms with Gasteiger partial charge in [-0.25, -0.2) is 9.37 Å². The average Bonchev–Trinajstić information content (AvgIpc) is 3.55. The van der Waals surface area contributed by atoms with Gasteiger partial charge in [0.1, 0.15) is 29.2 Å². The van der Waals surface area contributed by atoms with E-state index in [-0.39, 0.29) is 22.6 Å². The lowest BCUT2D eigenvalue weighted by Crippen LogP contribution is -2.29. The summed E-state index contributed by atoms with van der Waals surface area (Å²) in [7, 11) is 1.56. The molecule has 0 spiro atoms. The van der Waals surface area contributed by atoms with Gasteiger partial charge >= 0.3 is 5.91 Å². The zero-order chi connectivity index (χ0) is 25.8. The third-order valence-corrected chi connectivity index (χ3v) is 7.61. The Balaban J connectivity index is 1.52. The van der Waals surface area contributed by atoms with E-state index in [0.29, 0.717) is 28.8 Å². The predicted molar refractivity (Wildman–Crippen MR) is 138 cm³/mol. The summed E-state index contributed by atoms with van der Waals surface area (Å²) in [5.74, 6) is -1.06. The van der Waals surface area contributed by atoms with Crippen LogP contribution in [0.5, 0.6) is 11.5 Å². The largest absolute Gasteiger partial charge is 0.507 e. The van der Waals surface area contributed by atoms with Crippen molar-refractivity contribution >= 4 is 44.1 Å². The fourth-order valence-electron chi connectivity index (χ4n) is 4.84. The molecule has 0 unspecified atom stereocenters. The Kier molecular flexibility index (Phi) is 5.45. The topological polar surface area (TPSA) is 89.0 Å². The van der Waals surface area contributed by atoms with Gasteiger partial charge in [0.25, 0.3) is 5.78 Å². The molecule has 3 heterocycles. The second-order valence-electron chi connectivity index (χ2n) is 9.01. The molecule has 186 valence electrons. The lowest BCUT2D eigenvalue weighted by molar-refractivity contribution is -0.132. The molecule has 6 rings (SSSR count). The summed E-state index contributed by atoms with van der Waals surface area (Å²) < 4.78 is 25.6. The molecule has 0 saturated carbocycles. The van der Waals surface area contributed by atoms with Crippen LogP contribution >= 0.6 is 11.3 Å². The maximum Gasteiger partial charge on any atom is 0.301 e. The number of halogens is 1. The minimum Gasteiger partial charge on any atom is -0.507 e. The molecule has 3 aromatic carbocycles. The van der Waals surface area contributed by atoms with Crippen LogP contribution in [0.1, 0.15) is 29.7 Å². The molecule has 0 radical (unpaired) electrons. The first-order valence-corrected chi connectivity index (χ1v) is 12.5. The van der Waals surface area contributed by atoms with E-state index in [0.717, 1.165) is 16.0 Å². The Hall–Kier alpha value is -4.24. The highest BCUT2D eigenvalue weighted by atomic mass is 32.1. The Bertz CT molecular complexity index is 1610. The summed E-state index contributed by atoms with van der Waals surface area (Å²) in [5, 5.41) is 11.7. The molecule has 2 atom stereocenters. The first-order valence-electron chi connectivity index (χ1n) is 11.6. The highest BCUT2D eigenvalue weighted by molar-refractivity contribution is 7.22. The monoisotopic (exact) mass is 516 g/mol. The second kappa shape index (κ2) is 8.70. The minimum atomic E-state index is -0.994. The lowest BCUT2D eigenvalue weighted by atomic mass is 9.94. The molecule has 1 aromatic heterocycles. The Morgan fingerprint density at radius 1 is 1.14 bits per heavy atom. The van der Waals surface area contributed by atoms with Crippen molar-refractivity contribution in [2.45, 2.75) is 25.5 Å². The van der Waals surface area contributed by atoms with Crippen molar-refractivity contribution in [1.29, 1.82) is 0 Å². The van der Waals surface area contributed by atoms with Crippen molar-refractivity contribution in [3.8, 4) is 11.5 Å². The van der Waals surface area contributed by atoms with Gasteiger partial charge in [-0.2, -0.15) is 0 Å². The molecule has 1 saturated heterocycles. The van der Waals surface area contributed by atoms with Crippen LogP contribution < -0.4 is 14.4 Å². The summed E-state index contributed by atoms with van der Waals surface area (Å²) in [6, 6.07) is 15.0. The number of nitrogens with zero attached hydrogens (tertiary/aromatic N) is 2. The number of aromatic nitrogens is 1. The number of ketones is 1. The van der Waals surface area contributed by atoms with E-state index >= 15 is 0 Å². The summed E-state index contributed by atoms with van der Waals surface area (Å²) in [6.45, 7) is 1.95. The fourth-order valence-corrected chi connectivity index (χ4v) is 5.86. The number of methoxy groups -OCH3 is 1. The Labute approximate surface area is 215 Å². The molecule has 0 aliphatic carbocycles. The van der Waals surface area contributed by atoms with Crippen molar-refractivity contribution in [2.75, 3.05) is 12.0 Å². The van der Waals surface area contributed by atoms with Gasteiger partial charge in [0.2, 0.25) is 0 Å². The Morgan fingerprint density at radius 3 is 2.68 bits per heavy atom. The predicted octanol–water partition coefficient (Wildman–Crippen LogP) is 5.39. The summed E-state index contributed by atoms with van der Waals surface area (Å²) >= 11 is 1.22. The normalized spacial score (nSPS) is 20.4. The molecular weight excluding hydrogens is 495 g/mol. The van der Waals surface area contributed by atoms with Gasteiger partial charge in [-0.3, -0.25) is 14.5 Å². The van der Waals surface area contributed by atoms with Crippen molar-refractivity contribution in [1.82, 2.24) is 4.98 Å². The highest BCUT2D eigenvalue weighted by Crippen LogP contribution is 2.45. The number of rotatable bonds is 4. The zero-order valence-electron chi connectivity index (χ0n) is 19.9. The van der Waals surface area contributed by atoms with Crippen LogP contribution in [0.4, 0.5) is 9.52 Å². The van der Waals surface area contributed by atoms with Gasteiger partial charge < -0.3 is 14.6 Å². The summed E-state index contributed by atoms with van der Waals surface area (Å²) in [4.78, 5) is 32.7. The lowest BCUT2D eigenvalue weighted by Gasteiger charge is -2.23. The van der Waals surface area contributed by atoms with Crippen LogP contribution in [0.25, 0.3) is 16.0 Å². The molecule has 37 heavy (non-hydrogen) atoms. The number of thiazole rings is 1. The van der Waals surface area contributed by atoms with Crippen molar-refractivity contribution in [2.24, 2.45) is 0 Å². The van der Waals surface area contributed by atoms with Crippen LogP contribution in [-0.4, -0.2) is 35.0 Å². The van der Waals surface area contributed by atoms with Gasteiger partial charge in [-0.15, -0.1) is 0 Å². The SMILES string of the molecule is COc1ccc2nc(N3C(=O)C(=O)C(=C(O)c4ccc5c(c4)C[C@H](C)O5)[C@@H]3c3ccc(F)cc3)sc2c1. The third kappa shape index (κ3) is 3.82. The van der Waals surface area contributed by atoms with E-state index in [1.54, 1.807) is 43.5 Å². The van der Waals surface area contributed by atoms with Crippen molar-refractivity contribution in [3.63, 3.8) is 0 Å². The van der Waals surface area contributed by atoms with Gasteiger partial charge in [0, 0.05) is 12.0 Å². The number of aliphatic hydroxyl groups excluding tert-OH is 1. The van der Waals surface area contributed by atoms with Crippen LogP contribution in [-0.2, 0) is 16.0 Å². The molecule has 1 fully saturated rings. The van der Waals surface area contributed by atoms with Crippen molar-refractivity contribution < 1.29 is 28.6 Å². The second-order valence-corrected chi connectivity index (χ2v) is 10.0. The number of carbonyl (C=O) groups is 2. The standard InChI is InChI=1S/C28H21FN2O5S/c1-14-11-17-12-16(5-10-21(17)36-14)25(32)23-24(15-3-6-18(29)7-4-15)31(27(34)26(23)33)28-30-20-9-8-19(35-2)13-22(20)37-28/h3-10,12-14,24,32H,11H2,1-2H3/t14-,24-/m0/s1. The number of hydrogen-bond acceptors (Lipinski definition) is 7. The minimum absolute atomic E-state index is 0.00912. The van der Waals surface area contributed by atoms with Crippen LogP contribution in [0.15, 0.2) is 66.2 Å². The number of anilines is 1. The molecule has 7 nitrogen and oxygen atoms in total. The van der Waals surface area contributed by atoms with Crippen LogP contribution in [0.3, 0.4) is 0 Å². The molecular formula is C28H21FN2O5S. The van der Waals surface area contributed by atoms with E-state index in [1.807, 2.05) is 6.92 Å². The summed E-state index contributed by atoms with van der Waals surface area (Å²) in [5.41, 5.74) is 2.32. The quantitative estimate of drug-likeness (QED) is 0.222. The van der Waals surface area contributed by atoms with E-state index in [9.17, 15) is 19.1 Å². The van der Waals surface area contributed by atoms with E-state index < -0.39 is 23.5 Å². The van der Waals surface area contributed by atoms with Crippen LogP contribution in [0, 0.1) is 5.82 Å². The van der Waals surface area contributed by atoms with Crippen molar-refractivity contribution in [3.05, 3.63) is 88.7 Å². The van der Waals surface area contributed by atoms with E-state index in [1.165, 1.54) is 40.5 Å². The van der Waals surface area contributed by atoms with Gasteiger partial charge in [0.05, 0.1) is 28.9 Å². The number of aliphatic hydroxyl groups is 1. The molecule has 0 bridgehead atoms. The molecule has 1 N–H and O–H groups in total. The smallest absolute Gasteiger partial charge is 0.301 e. The highest BCUT2D eigenvalue weighted by Gasteiger charge is 2.48. The molecule has 2 aliphatic rings. The van der Waals surface area contributed by atoms with Gasteiger partial charge in [-0.1, -0.05) is 23.5 Å². The molecule has 1 amide bonds. The number of amides is 1. The molecule has 4 aromatic rings. The Morgan fingerprint density at radius 2 is 1.92 bits per heavy atom. The number of ether oxygens (including phenoxy) is 2. The first kappa shape index (κ1) is 23.2. The molecule has 2 aliphatic heterocycles. The number of benzene rings is 3. The number of carbonyl (C=O) groups excluding carboxylic acids is 2. The fraction of sp³-hybridized carbons (Fsp3) is 0.179. The van der Waals surface area contributed by atoms with Gasteiger partial charge in [-0.05, 0) is 66.6 Å². The van der Waals surface area contributed by atoms with E-state index in [4.69, 9.17) is 9.47 Å². The van der Waals surface area contributed by atoms with Gasteiger partial charge in [0.15, 0.2) is 5.13 Å². The molecule has 9 heteroatoms. The zero-order valence-corrected chi connectivity index (χ0v) is 20.7. The third-order valence-electron chi connectivity index (χ3n) is 6.59.